The summed E-state index contributed by atoms with van der Waals surface area (Å²) in [5.74, 6) is -1.50. The van der Waals surface area contributed by atoms with Crippen molar-refractivity contribution in [2.24, 2.45) is 0 Å². The molecule has 1 rings (SSSR count). The molecule has 84 valence electrons. The van der Waals surface area contributed by atoms with E-state index in [2.05, 4.69) is 0 Å². The van der Waals surface area contributed by atoms with Crippen molar-refractivity contribution in [2.45, 2.75) is 12.8 Å². The topological polar surface area (TPSA) is 70.3 Å². The van der Waals surface area contributed by atoms with Crippen LogP contribution in [0.3, 0.4) is 0 Å². The molecule has 0 unspecified atom stereocenters. The lowest BCUT2D eigenvalue weighted by molar-refractivity contribution is -0.137. The Morgan fingerprint density at radius 2 is 2.31 bits per heavy atom. The van der Waals surface area contributed by atoms with Gasteiger partial charge >= 0.3 is 5.97 Å². The van der Waals surface area contributed by atoms with E-state index in [-0.39, 0.29) is 24.3 Å². The fourth-order valence-corrected chi connectivity index (χ4v) is 1.09. The highest BCUT2D eigenvalue weighted by atomic mass is 19.1. The first-order valence-corrected chi connectivity index (χ1v) is 4.67. The minimum absolute atomic E-state index is 0.0160. The third-order valence-electron chi connectivity index (χ3n) is 1.85. The predicted octanol–water partition coefficient (Wildman–Crippen LogP) is 1.94. The number of carboxylic acid groups (broad SMARTS) is 1. The van der Waals surface area contributed by atoms with Crippen LogP contribution in [0.15, 0.2) is 18.2 Å². The zero-order valence-corrected chi connectivity index (χ0v) is 8.44. The van der Waals surface area contributed by atoms with Crippen molar-refractivity contribution in [2.75, 3.05) is 6.61 Å². The van der Waals surface area contributed by atoms with E-state index in [1.165, 1.54) is 12.1 Å². The molecule has 0 radical (unpaired) electrons. The van der Waals surface area contributed by atoms with Gasteiger partial charge in [0, 0.05) is 6.42 Å². The molecule has 0 saturated heterocycles. The number of nitrogens with zero attached hydrogens (tertiary/aromatic N) is 1. The van der Waals surface area contributed by atoms with Gasteiger partial charge in [-0.05, 0) is 24.6 Å². The molecule has 0 spiro atoms. The average Bonchev–Trinajstić information content (AvgIpc) is 2.25. The first-order chi connectivity index (χ1) is 7.63. The molecule has 0 saturated carbocycles. The SMILES string of the molecule is N#Cc1ccc(OCCCC(=O)O)c(F)c1. The lowest BCUT2D eigenvalue weighted by Gasteiger charge is -2.06. The first-order valence-electron chi connectivity index (χ1n) is 4.67. The molecule has 5 heteroatoms. The molecular weight excluding hydrogens is 213 g/mol. The number of ether oxygens (including phenoxy) is 1. The van der Waals surface area contributed by atoms with Crippen LogP contribution in [0.4, 0.5) is 4.39 Å². The number of halogens is 1. The van der Waals surface area contributed by atoms with E-state index < -0.39 is 11.8 Å². The maximum absolute atomic E-state index is 13.2. The summed E-state index contributed by atoms with van der Waals surface area (Å²) in [6.07, 6.45) is 0.298. The van der Waals surface area contributed by atoms with Crippen molar-refractivity contribution in [3.8, 4) is 11.8 Å². The Bertz CT molecular complexity index is 426. The summed E-state index contributed by atoms with van der Waals surface area (Å²) < 4.78 is 18.3. The van der Waals surface area contributed by atoms with Gasteiger partial charge in [0.1, 0.15) is 0 Å². The highest BCUT2D eigenvalue weighted by Crippen LogP contribution is 2.18. The van der Waals surface area contributed by atoms with Gasteiger partial charge < -0.3 is 9.84 Å². The van der Waals surface area contributed by atoms with Crippen molar-refractivity contribution in [3.63, 3.8) is 0 Å². The molecule has 0 aliphatic carbocycles. The number of hydrogen-bond donors (Lipinski definition) is 1. The number of rotatable bonds is 5. The normalized spacial score (nSPS) is 9.50. The van der Waals surface area contributed by atoms with Gasteiger partial charge in [0.15, 0.2) is 11.6 Å². The summed E-state index contributed by atoms with van der Waals surface area (Å²) in [5, 5.41) is 16.9. The predicted molar refractivity (Wildman–Crippen MR) is 53.5 cm³/mol. The van der Waals surface area contributed by atoms with Gasteiger partial charge in [-0.15, -0.1) is 0 Å². The van der Waals surface area contributed by atoms with E-state index in [1.54, 1.807) is 6.07 Å². The van der Waals surface area contributed by atoms with Crippen LogP contribution >= 0.6 is 0 Å². The molecule has 0 bridgehead atoms. The third kappa shape index (κ3) is 3.58. The van der Waals surface area contributed by atoms with E-state index in [1.807, 2.05) is 0 Å². The van der Waals surface area contributed by atoms with E-state index in [4.69, 9.17) is 15.1 Å². The van der Waals surface area contributed by atoms with E-state index in [0.29, 0.717) is 6.42 Å². The second-order valence-corrected chi connectivity index (χ2v) is 3.10. The number of carboxylic acids is 1. The largest absolute Gasteiger partial charge is 0.491 e. The van der Waals surface area contributed by atoms with Crippen molar-refractivity contribution >= 4 is 5.97 Å². The molecule has 0 aliphatic heterocycles. The number of carbonyl (C=O) groups is 1. The Morgan fingerprint density at radius 1 is 1.56 bits per heavy atom. The number of nitriles is 1. The zero-order chi connectivity index (χ0) is 12.0. The van der Waals surface area contributed by atoms with Crippen LogP contribution in [0.1, 0.15) is 18.4 Å². The highest BCUT2D eigenvalue weighted by molar-refractivity contribution is 5.66. The molecule has 0 aromatic heterocycles. The third-order valence-corrected chi connectivity index (χ3v) is 1.85. The van der Waals surface area contributed by atoms with Crippen LogP contribution in [0.2, 0.25) is 0 Å². The molecular formula is C11H10FNO3. The number of hydrogen-bond acceptors (Lipinski definition) is 3. The summed E-state index contributed by atoms with van der Waals surface area (Å²) in [4.78, 5) is 10.2. The second kappa shape index (κ2) is 5.71. The van der Waals surface area contributed by atoms with Crippen LogP contribution in [0.25, 0.3) is 0 Å². The van der Waals surface area contributed by atoms with Gasteiger partial charge in [-0.1, -0.05) is 0 Å². The molecule has 4 nitrogen and oxygen atoms in total. The van der Waals surface area contributed by atoms with Crippen molar-refractivity contribution < 1.29 is 19.0 Å². The first kappa shape index (κ1) is 12.0. The molecule has 1 aromatic rings. The standard InChI is InChI=1S/C11H10FNO3/c12-9-6-8(7-13)3-4-10(9)16-5-1-2-11(14)15/h3-4,6H,1-2,5H2,(H,14,15). The quantitative estimate of drug-likeness (QED) is 0.774. The maximum atomic E-state index is 13.2. The Balaban J connectivity index is 2.49. The summed E-state index contributed by atoms with van der Waals surface area (Å²) in [6.45, 7) is 0.134. The van der Waals surface area contributed by atoms with Crippen LogP contribution in [0, 0.1) is 17.1 Å². The van der Waals surface area contributed by atoms with Gasteiger partial charge in [0.05, 0.1) is 18.2 Å². The van der Waals surface area contributed by atoms with Gasteiger partial charge in [-0.3, -0.25) is 4.79 Å². The smallest absolute Gasteiger partial charge is 0.303 e. The van der Waals surface area contributed by atoms with Crippen LogP contribution in [-0.2, 0) is 4.79 Å². The average molecular weight is 223 g/mol. The van der Waals surface area contributed by atoms with Crippen molar-refractivity contribution in [1.82, 2.24) is 0 Å². The molecule has 0 heterocycles. The monoisotopic (exact) mass is 223 g/mol. The van der Waals surface area contributed by atoms with Crippen LogP contribution < -0.4 is 4.74 Å². The maximum Gasteiger partial charge on any atom is 0.303 e. The van der Waals surface area contributed by atoms with Crippen molar-refractivity contribution in [1.29, 1.82) is 5.26 Å². The Labute approximate surface area is 91.9 Å². The molecule has 1 N–H and O–H groups in total. The summed E-state index contributed by atoms with van der Waals surface area (Å²) >= 11 is 0. The van der Waals surface area contributed by atoms with Gasteiger partial charge in [-0.25, -0.2) is 4.39 Å². The molecule has 1 aromatic carbocycles. The minimum Gasteiger partial charge on any atom is -0.491 e. The van der Waals surface area contributed by atoms with Crippen LogP contribution in [-0.4, -0.2) is 17.7 Å². The molecule has 0 fully saturated rings. The zero-order valence-electron chi connectivity index (χ0n) is 8.44. The Morgan fingerprint density at radius 3 is 2.88 bits per heavy atom. The number of aliphatic carboxylic acids is 1. The van der Waals surface area contributed by atoms with Gasteiger partial charge in [-0.2, -0.15) is 5.26 Å². The highest BCUT2D eigenvalue weighted by Gasteiger charge is 2.04. The second-order valence-electron chi connectivity index (χ2n) is 3.10. The summed E-state index contributed by atoms with van der Waals surface area (Å²) in [7, 11) is 0. The minimum atomic E-state index is -0.913. The molecule has 16 heavy (non-hydrogen) atoms. The van der Waals surface area contributed by atoms with Crippen LogP contribution in [0.5, 0.6) is 5.75 Å². The summed E-state index contributed by atoms with van der Waals surface area (Å²) in [5.41, 5.74) is 0.218. The fraction of sp³-hybridized carbons (Fsp3) is 0.273. The van der Waals surface area contributed by atoms with Crippen molar-refractivity contribution in [3.05, 3.63) is 29.6 Å². The fourth-order valence-electron chi connectivity index (χ4n) is 1.09. The molecule has 0 aliphatic rings. The lowest BCUT2D eigenvalue weighted by Crippen LogP contribution is -2.03. The van der Waals surface area contributed by atoms with Gasteiger partial charge in [0.25, 0.3) is 0 Å². The summed E-state index contributed by atoms with van der Waals surface area (Å²) in [6, 6.07) is 5.68. The van der Waals surface area contributed by atoms with E-state index in [0.717, 1.165) is 6.07 Å². The molecule has 0 amide bonds. The lowest BCUT2D eigenvalue weighted by atomic mass is 10.2. The Hall–Kier alpha value is -2.09. The number of benzene rings is 1. The van der Waals surface area contributed by atoms with Gasteiger partial charge in [0.2, 0.25) is 0 Å². The molecule has 0 atom stereocenters. The Kier molecular flexibility index (Phi) is 4.28. The van der Waals surface area contributed by atoms with E-state index in [9.17, 15) is 9.18 Å². The van der Waals surface area contributed by atoms with E-state index >= 15 is 0 Å².